The summed E-state index contributed by atoms with van der Waals surface area (Å²) >= 11 is 0. The van der Waals surface area contributed by atoms with Crippen molar-refractivity contribution in [3.63, 3.8) is 0 Å². The number of likely N-dealkylation sites (tertiary alicyclic amines) is 1. The second-order valence-corrected chi connectivity index (χ2v) is 6.71. The van der Waals surface area contributed by atoms with Gasteiger partial charge >= 0.3 is 18.2 Å². The molecule has 1 aromatic rings. The third-order valence-electron chi connectivity index (χ3n) is 4.98. The summed E-state index contributed by atoms with van der Waals surface area (Å²) in [5.74, 6) is -1.42. The van der Waals surface area contributed by atoms with E-state index in [1.807, 2.05) is 0 Å². The topological polar surface area (TPSA) is 69.6 Å². The number of carbonyl (C=O) groups excluding carboxylic acids is 1. The monoisotopic (exact) mass is 356 g/mol. The van der Waals surface area contributed by atoms with Crippen molar-refractivity contribution in [3.05, 3.63) is 35.4 Å². The van der Waals surface area contributed by atoms with Crippen molar-refractivity contribution in [1.82, 2.24) is 10.2 Å². The van der Waals surface area contributed by atoms with Gasteiger partial charge in [-0.15, -0.1) is 0 Å². The van der Waals surface area contributed by atoms with E-state index in [0.29, 0.717) is 31.4 Å². The first-order chi connectivity index (χ1) is 11.7. The van der Waals surface area contributed by atoms with Gasteiger partial charge in [0.05, 0.1) is 11.5 Å². The van der Waals surface area contributed by atoms with Crippen LogP contribution in [0.15, 0.2) is 24.3 Å². The molecule has 3 rings (SSSR count). The minimum absolute atomic E-state index is 0.00190. The molecule has 136 valence electrons. The average molecular weight is 356 g/mol. The maximum atomic E-state index is 12.8. The lowest BCUT2D eigenvalue weighted by molar-refractivity contribution is -0.141. The number of carboxylic acid groups (broad SMARTS) is 1. The Labute approximate surface area is 142 Å². The maximum absolute atomic E-state index is 12.8. The highest BCUT2D eigenvalue weighted by Crippen LogP contribution is 2.39. The summed E-state index contributed by atoms with van der Waals surface area (Å²) in [5, 5.41) is 11.8. The Morgan fingerprint density at radius 3 is 2.56 bits per heavy atom. The molecule has 0 spiro atoms. The summed E-state index contributed by atoms with van der Waals surface area (Å²) in [6, 6.07) is 4.91. The fourth-order valence-corrected chi connectivity index (χ4v) is 3.39. The van der Waals surface area contributed by atoms with E-state index in [1.54, 1.807) is 6.07 Å². The summed E-state index contributed by atoms with van der Waals surface area (Å²) in [7, 11) is 0. The number of benzene rings is 1. The van der Waals surface area contributed by atoms with Gasteiger partial charge in [0.1, 0.15) is 0 Å². The van der Waals surface area contributed by atoms with Crippen LogP contribution in [0.5, 0.6) is 0 Å². The van der Waals surface area contributed by atoms with Gasteiger partial charge in [-0.2, -0.15) is 13.2 Å². The van der Waals surface area contributed by atoms with Crippen LogP contribution in [0.25, 0.3) is 0 Å². The Balaban J connectivity index is 1.50. The molecule has 2 aliphatic rings. The van der Waals surface area contributed by atoms with Gasteiger partial charge in [0.15, 0.2) is 0 Å². The number of alkyl halides is 3. The van der Waals surface area contributed by atoms with Gasteiger partial charge < -0.3 is 15.3 Å². The lowest BCUT2D eigenvalue weighted by atomic mass is 9.75. The minimum atomic E-state index is -4.36. The zero-order chi connectivity index (χ0) is 18.2. The molecular formula is C17H19F3N2O3. The van der Waals surface area contributed by atoms with Crippen molar-refractivity contribution in [2.75, 3.05) is 13.1 Å². The smallest absolute Gasteiger partial charge is 0.416 e. The third-order valence-corrected chi connectivity index (χ3v) is 4.98. The summed E-state index contributed by atoms with van der Waals surface area (Å²) in [6.07, 6.45) is -2.74. The van der Waals surface area contributed by atoms with E-state index < -0.39 is 23.6 Å². The van der Waals surface area contributed by atoms with Gasteiger partial charge in [-0.1, -0.05) is 18.2 Å². The summed E-state index contributed by atoms with van der Waals surface area (Å²) < 4.78 is 38.3. The van der Waals surface area contributed by atoms with Crippen LogP contribution < -0.4 is 5.32 Å². The molecule has 1 saturated heterocycles. The Hall–Kier alpha value is -2.25. The van der Waals surface area contributed by atoms with Crippen molar-refractivity contribution in [2.45, 2.75) is 37.4 Å². The van der Waals surface area contributed by atoms with Crippen LogP contribution in [0, 0.1) is 5.92 Å². The van der Waals surface area contributed by atoms with Gasteiger partial charge in [0.25, 0.3) is 0 Å². The molecule has 1 heterocycles. The number of carbonyl (C=O) groups is 2. The molecule has 0 radical (unpaired) electrons. The predicted molar refractivity (Wildman–Crippen MR) is 83.1 cm³/mol. The van der Waals surface area contributed by atoms with Gasteiger partial charge in [-0.25, -0.2) is 4.79 Å². The Kier molecular flexibility index (Phi) is 4.62. The number of hydrogen-bond donors (Lipinski definition) is 2. The molecule has 1 aromatic carbocycles. The van der Waals surface area contributed by atoms with Crippen molar-refractivity contribution in [3.8, 4) is 0 Å². The Bertz CT molecular complexity index is 671. The predicted octanol–water partition coefficient (Wildman–Crippen LogP) is 3.07. The van der Waals surface area contributed by atoms with Crippen molar-refractivity contribution < 1.29 is 27.9 Å². The van der Waals surface area contributed by atoms with Crippen LogP contribution in [-0.4, -0.2) is 41.1 Å². The van der Waals surface area contributed by atoms with Crippen molar-refractivity contribution in [2.24, 2.45) is 5.92 Å². The van der Waals surface area contributed by atoms with Crippen LogP contribution in [0.2, 0.25) is 0 Å². The van der Waals surface area contributed by atoms with Gasteiger partial charge in [0.2, 0.25) is 0 Å². The number of rotatable bonds is 3. The van der Waals surface area contributed by atoms with Gasteiger partial charge in [0, 0.05) is 19.1 Å². The van der Waals surface area contributed by atoms with E-state index in [-0.39, 0.29) is 24.5 Å². The first-order valence-corrected chi connectivity index (χ1v) is 8.19. The molecule has 5 nitrogen and oxygen atoms in total. The second-order valence-electron chi connectivity index (χ2n) is 6.71. The number of nitrogens with one attached hydrogen (secondary N) is 1. The SMILES string of the molecule is O=C(O)C1CCN(C(=O)NC2CC(c3cccc(C(F)(F)F)c3)C2)C1. The molecule has 1 aliphatic heterocycles. The van der Waals surface area contributed by atoms with Gasteiger partial charge in [-0.05, 0) is 36.8 Å². The lowest BCUT2D eigenvalue weighted by Gasteiger charge is -2.37. The van der Waals surface area contributed by atoms with Crippen LogP contribution >= 0.6 is 0 Å². The Morgan fingerprint density at radius 2 is 1.96 bits per heavy atom. The van der Waals surface area contributed by atoms with Crippen LogP contribution in [0.3, 0.4) is 0 Å². The minimum Gasteiger partial charge on any atom is -0.481 e. The summed E-state index contributed by atoms with van der Waals surface area (Å²) in [4.78, 5) is 24.5. The molecule has 25 heavy (non-hydrogen) atoms. The summed E-state index contributed by atoms with van der Waals surface area (Å²) in [6.45, 7) is 0.609. The molecule has 2 fully saturated rings. The highest BCUT2D eigenvalue weighted by atomic mass is 19.4. The number of halogens is 3. The number of carboxylic acids is 1. The average Bonchev–Trinajstić information content (AvgIpc) is 3.00. The molecule has 1 aliphatic carbocycles. The van der Waals surface area contributed by atoms with Gasteiger partial charge in [-0.3, -0.25) is 4.79 Å². The van der Waals surface area contributed by atoms with Crippen molar-refractivity contribution >= 4 is 12.0 Å². The fourth-order valence-electron chi connectivity index (χ4n) is 3.39. The molecule has 2 N–H and O–H groups in total. The highest BCUT2D eigenvalue weighted by molar-refractivity contribution is 5.77. The molecule has 0 aromatic heterocycles. The summed E-state index contributed by atoms with van der Waals surface area (Å²) in [5.41, 5.74) is -0.0262. The van der Waals surface area contributed by atoms with E-state index in [2.05, 4.69) is 5.32 Å². The van der Waals surface area contributed by atoms with Crippen molar-refractivity contribution in [1.29, 1.82) is 0 Å². The zero-order valence-corrected chi connectivity index (χ0v) is 13.4. The molecule has 1 atom stereocenters. The zero-order valence-electron chi connectivity index (χ0n) is 13.4. The standard InChI is InChI=1S/C17H19F3N2O3/c18-17(19,20)13-3-1-2-10(6-13)12-7-14(8-12)21-16(25)22-5-4-11(9-22)15(23)24/h1-3,6,11-12,14H,4-5,7-9H2,(H,21,25)(H,23,24). The maximum Gasteiger partial charge on any atom is 0.416 e. The molecule has 2 amide bonds. The van der Waals surface area contributed by atoms with E-state index in [4.69, 9.17) is 5.11 Å². The molecular weight excluding hydrogens is 337 g/mol. The molecule has 1 saturated carbocycles. The number of urea groups is 1. The fraction of sp³-hybridized carbons (Fsp3) is 0.529. The molecule has 0 bridgehead atoms. The van der Waals surface area contributed by atoms with E-state index >= 15 is 0 Å². The van der Waals surface area contributed by atoms with E-state index in [9.17, 15) is 22.8 Å². The van der Waals surface area contributed by atoms with E-state index in [1.165, 1.54) is 17.0 Å². The van der Waals surface area contributed by atoms with E-state index in [0.717, 1.165) is 6.07 Å². The lowest BCUT2D eigenvalue weighted by Crippen LogP contribution is -2.48. The van der Waals surface area contributed by atoms with Crippen LogP contribution in [0.4, 0.5) is 18.0 Å². The molecule has 1 unspecified atom stereocenters. The number of hydrogen-bond acceptors (Lipinski definition) is 2. The molecule has 8 heteroatoms. The normalized spacial score (nSPS) is 26.2. The highest BCUT2D eigenvalue weighted by Gasteiger charge is 2.37. The number of nitrogens with zero attached hydrogens (tertiary/aromatic N) is 1. The first-order valence-electron chi connectivity index (χ1n) is 8.19. The number of aliphatic carboxylic acids is 1. The third kappa shape index (κ3) is 3.88. The largest absolute Gasteiger partial charge is 0.481 e. The second kappa shape index (κ2) is 6.57. The van der Waals surface area contributed by atoms with Crippen LogP contribution in [-0.2, 0) is 11.0 Å². The Morgan fingerprint density at radius 1 is 1.24 bits per heavy atom. The first kappa shape index (κ1) is 17.6. The number of amides is 2. The quantitative estimate of drug-likeness (QED) is 0.875. The van der Waals surface area contributed by atoms with Crippen LogP contribution in [0.1, 0.15) is 36.3 Å².